The number of ether oxygens (including phenoxy) is 3. The highest BCUT2D eigenvalue weighted by atomic mass is 28.4. The van der Waals surface area contributed by atoms with Crippen LogP contribution in [0.2, 0.25) is 18.1 Å². The Labute approximate surface area is 137 Å². The molecule has 5 heteroatoms. The largest absolute Gasteiger partial charge is 0.412 e. The molecule has 1 aliphatic rings. The lowest BCUT2D eigenvalue weighted by atomic mass is 10.1. The minimum Gasteiger partial charge on any atom is -0.412 e. The van der Waals surface area contributed by atoms with Crippen LogP contribution in [-0.2, 0) is 18.6 Å². The topological polar surface area (TPSA) is 36.9 Å². The first-order chi connectivity index (χ1) is 10.1. The molecule has 0 aromatic rings. The summed E-state index contributed by atoms with van der Waals surface area (Å²) in [7, 11) is -1.82. The van der Waals surface area contributed by atoms with Crippen molar-refractivity contribution in [2.75, 3.05) is 26.4 Å². The molecular weight excluding hydrogens is 296 g/mol. The van der Waals surface area contributed by atoms with Crippen LogP contribution in [0.3, 0.4) is 0 Å². The van der Waals surface area contributed by atoms with Gasteiger partial charge >= 0.3 is 0 Å². The minimum atomic E-state index is -1.82. The number of hydrogen-bond donors (Lipinski definition) is 0. The van der Waals surface area contributed by atoms with Crippen molar-refractivity contribution in [2.45, 2.75) is 70.6 Å². The van der Waals surface area contributed by atoms with E-state index in [4.69, 9.17) is 18.6 Å². The number of rotatable bonds is 9. The average Bonchev–Trinajstić information content (AvgIpc) is 2.82. The van der Waals surface area contributed by atoms with Crippen molar-refractivity contribution in [1.29, 1.82) is 0 Å². The molecule has 0 bridgehead atoms. The zero-order valence-corrected chi connectivity index (χ0v) is 16.2. The Kier molecular flexibility index (Phi) is 7.27. The van der Waals surface area contributed by atoms with Gasteiger partial charge in [-0.2, -0.15) is 0 Å². The maximum Gasteiger partial charge on any atom is 0.192 e. The molecule has 22 heavy (non-hydrogen) atoms. The van der Waals surface area contributed by atoms with Crippen LogP contribution in [0.5, 0.6) is 0 Å². The summed E-state index contributed by atoms with van der Waals surface area (Å²) in [5, 5.41) is 0.188. The third-order valence-corrected chi connectivity index (χ3v) is 9.16. The molecule has 1 atom stereocenters. The van der Waals surface area contributed by atoms with Crippen molar-refractivity contribution in [2.24, 2.45) is 0 Å². The standard InChI is InChI=1S/C17H34O4Si/c1-8-11-18-14-15(21-22(6,7)16(2,3)4)9-10-17(5)19-12-13-20-17/h8,15H,1,9-14H2,2-7H3/t15-/m0/s1. The van der Waals surface area contributed by atoms with Gasteiger partial charge in [0.15, 0.2) is 14.1 Å². The summed E-state index contributed by atoms with van der Waals surface area (Å²) < 4.78 is 23.6. The summed E-state index contributed by atoms with van der Waals surface area (Å²) in [5.74, 6) is -0.465. The fourth-order valence-electron chi connectivity index (χ4n) is 2.18. The molecule has 0 unspecified atom stereocenters. The van der Waals surface area contributed by atoms with Crippen LogP contribution in [0.15, 0.2) is 12.7 Å². The van der Waals surface area contributed by atoms with Gasteiger partial charge in [-0.05, 0) is 31.5 Å². The number of hydrogen-bond acceptors (Lipinski definition) is 4. The van der Waals surface area contributed by atoms with Crippen molar-refractivity contribution in [1.82, 2.24) is 0 Å². The molecule has 0 saturated carbocycles. The Morgan fingerprint density at radius 1 is 1.27 bits per heavy atom. The third-order valence-electron chi connectivity index (χ3n) is 4.63. The second kappa shape index (κ2) is 8.06. The van der Waals surface area contributed by atoms with Crippen LogP contribution >= 0.6 is 0 Å². The lowest BCUT2D eigenvalue weighted by molar-refractivity contribution is -0.151. The van der Waals surface area contributed by atoms with E-state index >= 15 is 0 Å². The van der Waals surface area contributed by atoms with Crippen LogP contribution in [0.1, 0.15) is 40.5 Å². The van der Waals surface area contributed by atoms with Gasteiger partial charge in [0.25, 0.3) is 0 Å². The molecule has 0 aromatic heterocycles. The summed E-state index contributed by atoms with van der Waals surface area (Å²) in [4.78, 5) is 0. The summed E-state index contributed by atoms with van der Waals surface area (Å²) in [6.45, 7) is 19.5. The van der Waals surface area contributed by atoms with Crippen LogP contribution in [0.4, 0.5) is 0 Å². The van der Waals surface area contributed by atoms with Crippen molar-refractivity contribution in [3.63, 3.8) is 0 Å². The van der Waals surface area contributed by atoms with Gasteiger partial charge in [-0.15, -0.1) is 6.58 Å². The van der Waals surface area contributed by atoms with Gasteiger partial charge in [0, 0.05) is 6.42 Å². The van der Waals surface area contributed by atoms with Gasteiger partial charge in [-0.3, -0.25) is 0 Å². The third kappa shape index (κ3) is 6.12. The van der Waals surface area contributed by atoms with Crippen molar-refractivity contribution < 1.29 is 18.6 Å². The Morgan fingerprint density at radius 2 is 1.86 bits per heavy atom. The van der Waals surface area contributed by atoms with E-state index in [1.165, 1.54) is 0 Å². The van der Waals surface area contributed by atoms with E-state index in [1.54, 1.807) is 6.08 Å². The minimum absolute atomic E-state index is 0.0745. The summed E-state index contributed by atoms with van der Waals surface area (Å²) in [6, 6.07) is 0. The zero-order chi connectivity index (χ0) is 16.9. The predicted molar refractivity (Wildman–Crippen MR) is 92.6 cm³/mol. The van der Waals surface area contributed by atoms with Gasteiger partial charge in [0.1, 0.15) is 0 Å². The summed E-state index contributed by atoms with van der Waals surface area (Å²) in [6.07, 6.45) is 3.54. The molecule has 0 aromatic carbocycles. The molecule has 0 N–H and O–H groups in total. The highest BCUT2D eigenvalue weighted by molar-refractivity contribution is 6.74. The molecule has 1 aliphatic heterocycles. The van der Waals surface area contributed by atoms with Crippen LogP contribution < -0.4 is 0 Å². The Balaban J connectivity index is 2.60. The fourth-order valence-corrected chi connectivity index (χ4v) is 3.55. The maximum absolute atomic E-state index is 6.52. The average molecular weight is 331 g/mol. The molecule has 0 amide bonds. The summed E-state index contributed by atoms with van der Waals surface area (Å²) in [5.41, 5.74) is 0. The van der Waals surface area contributed by atoms with E-state index in [-0.39, 0.29) is 11.1 Å². The lowest BCUT2D eigenvalue weighted by Gasteiger charge is -2.39. The van der Waals surface area contributed by atoms with Crippen LogP contribution in [-0.4, -0.2) is 46.6 Å². The molecule has 0 radical (unpaired) electrons. The Hall–Kier alpha value is -0.203. The molecule has 130 valence electrons. The van der Waals surface area contributed by atoms with Crippen molar-refractivity contribution in [3.05, 3.63) is 12.7 Å². The Bertz CT molecular complexity index is 343. The van der Waals surface area contributed by atoms with Crippen LogP contribution in [0, 0.1) is 0 Å². The zero-order valence-electron chi connectivity index (χ0n) is 15.2. The second-order valence-corrected chi connectivity index (χ2v) is 12.5. The first-order valence-electron chi connectivity index (χ1n) is 8.24. The molecule has 1 fully saturated rings. The quantitative estimate of drug-likeness (QED) is 0.362. The normalized spacial score (nSPS) is 20.1. The first kappa shape index (κ1) is 19.8. The van der Waals surface area contributed by atoms with E-state index in [0.29, 0.717) is 26.4 Å². The highest BCUT2D eigenvalue weighted by Gasteiger charge is 2.40. The lowest BCUT2D eigenvalue weighted by Crippen LogP contribution is -2.45. The molecule has 4 nitrogen and oxygen atoms in total. The SMILES string of the molecule is C=CCOC[C@H](CCC1(C)OCCO1)O[Si](C)(C)C(C)(C)C. The van der Waals surface area contributed by atoms with E-state index in [0.717, 1.165) is 12.8 Å². The van der Waals surface area contributed by atoms with Crippen LogP contribution in [0.25, 0.3) is 0 Å². The van der Waals surface area contributed by atoms with E-state index in [1.807, 2.05) is 6.92 Å². The molecule has 1 saturated heterocycles. The second-order valence-electron chi connectivity index (χ2n) is 7.70. The fraction of sp³-hybridized carbons (Fsp3) is 0.882. The molecular formula is C17H34O4Si. The molecule has 1 rings (SSSR count). The molecule has 1 heterocycles. The smallest absolute Gasteiger partial charge is 0.192 e. The van der Waals surface area contributed by atoms with Gasteiger partial charge < -0.3 is 18.6 Å². The van der Waals surface area contributed by atoms with Gasteiger partial charge in [-0.1, -0.05) is 26.8 Å². The molecule has 0 aliphatic carbocycles. The first-order valence-corrected chi connectivity index (χ1v) is 11.1. The van der Waals surface area contributed by atoms with E-state index in [9.17, 15) is 0 Å². The van der Waals surface area contributed by atoms with Crippen molar-refractivity contribution in [3.8, 4) is 0 Å². The molecule has 0 spiro atoms. The van der Waals surface area contributed by atoms with Gasteiger partial charge in [0.2, 0.25) is 0 Å². The monoisotopic (exact) mass is 330 g/mol. The van der Waals surface area contributed by atoms with Gasteiger partial charge in [0.05, 0.1) is 32.5 Å². The van der Waals surface area contributed by atoms with E-state index in [2.05, 4.69) is 40.4 Å². The van der Waals surface area contributed by atoms with E-state index < -0.39 is 14.1 Å². The van der Waals surface area contributed by atoms with Gasteiger partial charge in [-0.25, -0.2) is 0 Å². The Morgan fingerprint density at radius 3 is 2.36 bits per heavy atom. The maximum atomic E-state index is 6.52. The highest BCUT2D eigenvalue weighted by Crippen LogP contribution is 2.38. The predicted octanol–water partition coefficient (Wildman–Crippen LogP) is 4.12. The summed E-state index contributed by atoms with van der Waals surface area (Å²) >= 11 is 0. The van der Waals surface area contributed by atoms with Crippen molar-refractivity contribution >= 4 is 8.32 Å².